The van der Waals surface area contributed by atoms with Gasteiger partial charge in [-0.25, -0.2) is 9.97 Å². The van der Waals surface area contributed by atoms with E-state index >= 15 is 0 Å². The highest BCUT2D eigenvalue weighted by molar-refractivity contribution is 6.28. The van der Waals surface area contributed by atoms with Gasteiger partial charge in [-0.3, -0.25) is 0 Å². The molecule has 0 fully saturated rings. The molecule has 0 aliphatic rings. The van der Waals surface area contributed by atoms with Crippen LogP contribution in [0.1, 0.15) is 5.56 Å². The maximum absolute atomic E-state index is 5.72. The molecule has 0 bridgehead atoms. The predicted octanol–water partition coefficient (Wildman–Crippen LogP) is 1.09. The van der Waals surface area contributed by atoms with Crippen LogP contribution in [-0.4, -0.2) is 19.6 Å². The van der Waals surface area contributed by atoms with Gasteiger partial charge in [0.15, 0.2) is 5.65 Å². The first kappa shape index (κ1) is 6.54. The monoisotopic (exact) mass is 168 g/mol. The second-order valence-electron chi connectivity index (χ2n) is 2.21. The maximum atomic E-state index is 5.72. The fourth-order valence-corrected chi connectivity index (χ4v) is 1.08. The lowest BCUT2D eigenvalue weighted by atomic mass is 10.4. The second-order valence-corrected chi connectivity index (χ2v) is 2.54. The van der Waals surface area contributed by atoms with Gasteiger partial charge in [-0.2, -0.15) is 9.61 Å². The minimum absolute atomic E-state index is 0.336. The number of hydrogen-bond donors (Lipinski definition) is 0. The van der Waals surface area contributed by atoms with E-state index in [0.29, 0.717) is 5.28 Å². The van der Waals surface area contributed by atoms with Crippen molar-refractivity contribution in [3.8, 4) is 0 Å². The normalized spacial score (nSPS) is 10.7. The molecule has 0 saturated carbocycles. The average molecular weight is 169 g/mol. The number of aryl methyl sites for hydroxylation is 1. The summed E-state index contributed by atoms with van der Waals surface area (Å²) in [6.07, 6.45) is 3.13. The lowest BCUT2D eigenvalue weighted by Gasteiger charge is -1.95. The topological polar surface area (TPSA) is 43.1 Å². The standard InChI is InChI=1S/C6H5ClN4/c1-4-2-8-6(7)11-5(4)9-3-10-11/h2-3H,1H3. The summed E-state index contributed by atoms with van der Waals surface area (Å²) in [4.78, 5) is 7.91. The third-order valence-electron chi connectivity index (χ3n) is 1.44. The van der Waals surface area contributed by atoms with E-state index in [1.54, 1.807) is 6.20 Å². The van der Waals surface area contributed by atoms with Gasteiger partial charge in [0.2, 0.25) is 5.28 Å². The van der Waals surface area contributed by atoms with Crippen LogP contribution in [0.5, 0.6) is 0 Å². The fourth-order valence-electron chi connectivity index (χ4n) is 0.908. The molecule has 0 spiro atoms. The van der Waals surface area contributed by atoms with E-state index in [-0.39, 0.29) is 0 Å². The third-order valence-corrected chi connectivity index (χ3v) is 1.70. The summed E-state index contributed by atoms with van der Waals surface area (Å²) in [5.41, 5.74) is 1.72. The van der Waals surface area contributed by atoms with Crippen LogP contribution in [0.4, 0.5) is 0 Å². The van der Waals surface area contributed by atoms with Crippen LogP contribution in [0.15, 0.2) is 12.5 Å². The van der Waals surface area contributed by atoms with Gasteiger partial charge in [0.25, 0.3) is 0 Å². The highest BCUT2D eigenvalue weighted by Crippen LogP contribution is 2.09. The van der Waals surface area contributed by atoms with Crippen molar-refractivity contribution in [1.82, 2.24) is 19.6 Å². The van der Waals surface area contributed by atoms with Crippen LogP contribution in [-0.2, 0) is 0 Å². The first-order valence-corrected chi connectivity index (χ1v) is 3.47. The molecule has 0 atom stereocenters. The Morgan fingerprint density at radius 2 is 2.27 bits per heavy atom. The highest BCUT2D eigenvalue weighted by atomic mass is 35.5. The lowest BCUT2D eigenvalue weighted by Crippen LogP contribution is -1.94. The molecular weight excluding hydrogens is 164 g/mol. The Kier molecular flexibility index (Phi) is 1.29. The molecule has 2 heterocycles. The van der Waals surface area contributed by atoms with E-state index in [2.05, 4.69) is 15.1 Å². The number of rotatable bonds is 0. The Bertz CT molecular complexity index is 358. The van der Waals surface area contributed by atoms with Crippen molar-refractivity contribution < 1.29 is 0 Å². The quantitative estimate of drug-likeness (QED) is 0.553. The molecule has 0 radical (unpaired) electrons. The second kappa shape index (κ2) is 2.17. The molecule has 0 aromatic carbocycles. The van der Waals surface area contributed by atoms with Gasteiger partial charge in [-0.05, 0) is 18.5 Å². The zero-order valence-electron chi connectivity index (χ0n) is 5.82. The molecule has 11 heavy (non-hydrogen) atoms. The molecule has 0 N–H and O–H groups in total. The summed E-state index contributed by atoms with van der Waals surface area (Å²) >= 11 is 5.72. The lowest BCUT2D eigenvalue weighted by molar-refractivity contribution is 0.915. The number of halogens is 1. The Morgan fingerprint density at radius 3 is 3.00 bits per heavy atom. The van der Waals surface area contributed by atoms with Crippen molar-refractivity contribution in [1.29, 1.82) is 0 Å². The molecule has 4 nitrogen and oxygen atoms in total. The molecule has 0 aliphatic carbocycles. The summed E-state index contributed by atoms with van der Waals surface area (Å²) in [6, 6.07) is 0. The molecule has 0 amide bonds. The molecule has 2 aromatic rings. The number of fused-ring (bicyclic) bond motifs is 1. The Hall–Kier alpha value is -1.16. The minimum Gasteiger partial charge on any atom is -0.226 e. The molecule has 0 unspecified atom stereocenters. The van der Waals surface area contributed by atoms with Gasteiger partial charge < -0.3 is 0 Å². The van der Waals surface area contributed by atoms with Gasteiger partial charge in [0.1, 0.15) is 6.33 Å². The Balaban J connectivity index is 2.96. The number of aromatic nitrogens is 4. The molecule has 0 saturated heterocycles. The van der Waals surface area contributed by atoms with Gasteiger partial charge in [-0.1, -0.05) is 0 Å². The SMILES string of the molecule is Cc1cnc(Cl)n2ncnc12. The summed E-state index contributed by atoms with van der Waals surface area (Å²) in [5, 5.41) is 4.23. The van der Waals surface area contributed by atoms with Crippen molar-refractivity contribution in [3.63, 3.8) is 0 Å². The van der Waals surface area contributed by atoms with Crippen molar-refractivity contribution in [2.75, 3.05) is 0 Å². The van der Waals surface area contributed by atoms with E-state index < -0.39 is 0 Å². The molecule has 5 heteroatoms. The van der Waals surface area contributed by atoms with Crippen molar-refractivity contribution in [2.24, 2.45) is 0 Å². The Morgan fingerprint density at radius 1 is 1.45 bits per heavy atom. The van der Waals surface area contributed by atoms with Crippen LogP contribution in [0.25, 0.3) is 5.65 Å². The molecule has 0 aliphatic heterocycles. The summed E-state index contributed by atoms with van der Waals surface area (Å²) in [6.45, 7) is 1.91. The zero-order valence-corrected chi connectivity index (χ0v) is 6.58. The van der Waals surface area contributed by atoms with Gasteiger partial charge in [0, 0.05) is 11.8 Å². The van der Waals surface area contributed by atoms with Crippen molar-refractivity contribution >= 4 is 17.2 Å². The first-order chi connectivity index (χ1) is 5.29. The molecular formula is C6H5ClN4. The highest BCUT2D eigenvalue weighted by Gasteiger charge is 2.02. The maximum Gasteiger partial charge on any atom is 0.225 e. The van der Waals surface area contributed by atoms with Crippen molar-refractivity contribution in [2.45, 2.75) is 6.92 Å². The average Bonchev–Trinajstić information content (AvgIpc) is 2.45. The predicted molar refractivity (Wildman–Crippen MR) is 40.5 cm³/mol. The largest absolute Gasteiger partial charge is 0.226 e. The smallest absolute Gasteiger partial charge is 0.225 e. The first-order valence-electron chi connectivity index (χ1n) is 3.10. The van der Waals surface area contributed by atoms with Crippen LogP contribution in [0.2, 0.25) is 5.28 Å². The fraction of sp³-hybridized carbons (Fsp3) is 0.167. The van der Waals surface area contributed by atoms with Gasteiger partial charge >= 0.3 is 0 Å². The van der Waals surface area contributed by atoms with Crippen LogP contribution >= 0.6 is 11.6 Å². The zero-order chi connectivity index (χ0) is 7.84. The van der Waals surface area contributed by atoms with E-state index in [0.717, 1.165) is 11.2 Å². The summed E-state index contributed by atoms with van der Waals surface area (Å²) in [7, 11) is 0. The number of nitrogens with zero attached hydrogens (tertiary/aromatic N) is 4. The van der Waals surface area contributed by atoms with Crippen LogP contribution in [0, 0.1) is 6.92 Å². The van der Waals surface area contributed by atoms with Gasteiger partial charge in [0.05, 0.1) is 0 Å². The van der Waals surface area contributed by atoms with E-state index in [9.17, 15) is 0 Å². The number of hydrogen-bond acceptors (Lipinski definition) is 3. The summed E-state index contributed by atoms with van der Waals surface area (Å²) in [5.74, 6) is 0. The Labute approximate surface area is 67.8 Å². The van der Waals surface area contributed by atoms with Crippen molar-refractivity contribution in [3.05, 3.63) is 23.4 Å². The minimum atomic E-state index is 0.336. The summed E-state index contributed by atoms with van der Waals surface area (Å²) < 4.78 is 1.50. The molecule has 56 valence electrons. The van der Waals surface area contributed by atoms with Crippen LogP contribution in [0.3, 0.4) is 0 Å². The third kappa shape index (κ3) is 0.867. The van der Waals surface area contributed by atoms with Crippen LogP contribution < -0.4 is 0 Å². The molecule has 2 aromatic heterocycles. The van der Waals surface area contributed by atoms with E-state index in [1.165, 1.54) is 10.8 Å². The van der Waals surface area contributed by atoms with Gasteiger partial charge in [-0.15, -0.1) is 0 Å². The van der Waals surface area contributed by atoms with E-state index in [4.69, 9.17) is 11.6 Å². The van der Waals surface area contributed by atoms with E-state index in [1.807, 2.05) is 6.92 Å². The molecule has 2 rings (SSSR count).